The molecule has 1 aromatic rings. The first-order chi connectivity index (χ1) is 9.62. The molecule has 20 heavy (non-hydrogen) atoms. The molecular formula is C18H30O2. The minimum Gasteiger partial charge on any atom is -0.507 e. The number of hydrogen-bond acceptors (Lipinski definition) is 2. The van der Waals surface area contributed by atoms with Crippen molar-refractivity contribution in [3.05, 3.63) is 22.3 Å². The number of hydrogen-bond donors (Lipinski definition) is 2. The molecule has 2 heteroatoms. The van der Waals surface area contributed by atoms with Gasteiger partial charge in [0.15, 0.2) is 0 Å². The van der Waals surface area contributed by atoms with E-state index in [9.17, 15) is 10.2 Å². The van der Waals surface area contributed by atoms with Gasteiger partial charge in [-0.15, -0.1) is 0 Å². The van der Waals surface area contributed by atoms with Gasteiger partial charge in [-0.3, -0.25) is 0 Å². The van der Waals surface area contributed by atoms with E-state index in [4.69, 9.17) is 0 Å². The van der Waals surface area contributed by atoms with Crippen LogP contribution in [-0.2, 0) is 25.7 Å². The fraction of sp³-hybridized carbons (Fsp3) is 0.667. The second-order valence-electron chi connectivity index (χ2n) is 5.61. The van der Waals surface area contributed by atoms with Gasteiger partial charge in [0.05, 0.1) is 0 Å². The van der Waals surface area contributed by atoms with Crippen LogP contribution in [0.3, 0.4) is 0 Å². The van der Waals surface area contributed by atoms with E-state index in [0.29, 0.717) is 11.5 Å². The molecule has 0 unspecified atom stereocenters. The smallest absolute Gasteiger partial charge is 0.125 e. The maximum absolute atomic E-state index is 10.6. The molecule has 0 fully saturated rings. The van der Waals surface area contributed by atoms with Gasteiger partial charge in [0.25, 0.3) is 0 Å². The molecule has 2 nitrogen and oxygen atoms in total. The number of rotatable bonds is 8. The van der Waals surface area contributed by atoms with Crippen molar-refractivity contribution in [2.45, 2.75) is 79.1 Å². The van der Waals surface area contributed by atoms with Crippen LogP contribution in [0.25, 0.3) is 0 Å². The summed E-state index contributed by atoms with van der Waals surface area (Å²) in [6.07, 6.45) is 7.50. The van der Waals surface area contributed by atoms with Crippen molar-refractivity contribution >= 4 is 0 Å². The van der Waals surface area contributed by atoms with Crippen LogP contribution in [-0.4, -0.2) is 10.2 Å². The molecule has 0 amide bonds. The minimum atomic E-state index is 0.356. The van der Waals surface area contributed by atoms with Crippen molar-refractivity contribution in [2.75, 3.05) is 0 Å². The van der Waals surface area contributed by atoms with Crippen molar-refractivity contribution in [1.82, 2.24) is 0 Å². The largest absolute Gasteiger partial charge is 0.507 e. The Morgan fingerprint density at radius 2 is 0.800 bits per heavy atom. The zero-order valence-electron chi connectivity index (χ0n) is 13.6. The van der Waals surface area contributed by atoms with Gasteiger partial charge in [-0.25, -0.2) is 0 Å². The number of benzene rings is 1. The summed E-state index contributed by atoms with van der Waals surface area (Å²) < 4.78 is 0. The van der Waals surface area contributed by atoms with E-state index in [0.717, 1.165) is 68.1 Å². The van der Waals surface area contributed by atoms with Gasteiger partial charge in [-0.05, 0) is 42.4 Å². The summed E-state index contributed by atoms with van der Waals surface area (Å²) >= 11 is 0. The molecule has 0 saturated heterocycles. The lowest BCUT2D eigenvalue weighted by Gasteiger charge is -2.21. The SMILES string of the molecule is CCCc1c(O)c(CCC)c(CCC)c(CCC)c1O. The number of phenols is 2. The summed E-state index contributed by atoms with van der Waals surface area (Å²) in [5.74, 6) is 0.712. The Labute approximate surface area is 123 Å². The van der Waals surface area contributed by atoms with Crippen LogP contribution in [0.2, 0.25) is 0 Å². The average molecular weight is 278 g/mol. The van der Waals surface area contributed by atoms with E-state index >= 15 is 0 Å². The molecule has 2 N–H and O–H groups in total. The van der Waals surface area contributed by atoms with E-state index in [2.05, 4.69) is 27.7 Å². The van der Waals surface area contributed by atoms with Gasteiger partial charge >= 0.3 is 0 Å². The monoisotopic (exact) mass is 278 g/mol. The molecule has 0 atom stereocenters. The predicted octanol–water partition coefficient (Wildman–Crippen LogP) is 4.91. The molecule has 0 aromatic heterocycles. The van der Waals surface area contributed by atoms with E-state index in [1.807, 2.05) is 0 Å². The van der Waals surface area contributed by atoms with Gasteiger partial charge in [0.2, 0.25) is 0 Å². The van der Waals surface area contributed by atoms with Crippen molar-refractivity contribution < 1.29 is 10.2 Å². The lowest BCUT2D eigenvalue weighted by atomic mass is 9.87. The van der Waals surface area contributed by atoms with Crippen LogP contribution in [0.5, 0.6) is 11.5 Å². The number of phenolic OH excluding ortho intramolecular Hbond substituents is 2. The molecule has 0 spiro atoms. The Bertz CT molecular complexity index is 403. The first-order valence-electron chi connectivity index (χ1n) is 8.19. The van der Waals surface area contributed by atoms with E-state index in [1.165, 1.54) is 5.56 Å². The Morgan fingerprint density at radius 1 is 0.500 bits per heavy atom. The zero-order valence-corrected chi connectivity index (χ0v) is 13.6. The van der Waals surface area contributed by atoms with Gasteiger partial charge in [-0.2, -0.15) is 0 Å². The molecule has 0 heterocycles. The number of aromatic hydroxyl groups is 2. The molecule has 114 valence electrons. The average Bonchev–Trinajstić information content (AvgIpc) is 2.43. The first-order valence-corrected chi connectivity index (χ1v) is 8.19. The molecule has 0 bridgehead atoms. The normalized spacial score (nSPS) is 11.0. The Hall–Kier alpha value is -1.18. The Balaban J connectivity index is 3.51. The van der Waals surface area contributed by atoms with Gasteiger partial charge in [-0.1, -0.05) is 53.4 Å². The van der Waals surface area contributed by atoms with E-state index < -0.39 is 0 Å². The third kappa shape index (κ3) is 3.47. The van der Waals surface area contributed by atoms with Crippen molar-refractivity contribution in [3.63, 3.8) is 0 Å². The molecule has 0 saturated carbocycles. The first kappa shape index (κ1) is 16.9. The third-order valence-electron chi connectivity index (χ3n) is 3.87. The topological polar surface area (TPSA) is 40.5 Å². The fourth-order valence-electron chi connectivity index (χ4n) is 3.02. The van der Waals surface area contributed by atoms with E-state index in [1.54, 1.807) is 0 Å². The van der Waals surface area contributed by atoms with Crippen LogP contribution in [0, 0.1) is 0 Å². The van der Waals surface area contributed by atoms with Gasteiger partial charge < -0.3 is 10.2 Å². The highest BCUT2D eigenvalue weighted by Gasteiger charge is 2.21. The molecular weight excluding hydrogens is 248 g/mol. The second-order valence-corrected chi connectivity index (χ2v) is 5.61. The maximum Gasteiger partial charge on any atom is 0.125 e. The van der Waals surface area contributed by atoms with Gasteiger partial charge in [0.1, 0.15) is 11.5 Å². The zero-order chi connectivity index (χ0) is 15.1. The summed E-state index contributed by atoms with van der Waals surface area (Å²) in [6.45, 7) is 8.51. The van der Waals surface area contributed by atoms with Crippen molar-refractivity contribution in [1.29, 1.82) is 0 Å². The minimum absolute atomic E-state index is 0.356. The second kappa shape index (κ2) is 8.18. The molecule has 0 aliphatic rings. The van der Waals surface area contributed by atoms with Crippen molar-refractivity contribution in [3.8, 4) is 11.5 Å². The summed E-state index contributed by atoms with van der Waals surface area (Å²) in [4.78, 5) is 0. The summed E-state index contributed by atoms with van der Waals surface area (Å²) in [5.41, 5.74) is 4.13. The predicted molar refractivity (Wildman–Crippen MR) is 85.8 cm³/mol. The third-order valence-corrected chi connectivity index (χ3v) is 3.87. The summed E-state index contributed by atoms with van der Waals surface area (Å²) in [6, 6.07) is 0. The molecule has 0 aliphatic carbocycles. The standard InChI is InChI=1S/C18H30O2/c1-5-9-13-14(10-6-2)17(19)16(12-8-4)18(20)15(13)11-7-3/h19-20H,5-12H2,1-4H3. The highest BCUT2D eigenvalue weighted by molar-refractivity contribution is 5.58. The van der Waals surface area contributed by atoms with Crippen LogP contribution < -0.4 is 0 Å². The highest BCUT2D eigenvalue weighted by atomic mass is 16.3. The lowest BCUT2D eigenvalue weighted by molar-refractivity contribution is 0.426. The summed E-state index contributed by atoms with van der Waals surface area (Å²) in [7, 11) is 0. The molecule has 1 rings (SSSR count). The van der Waals surface area contributed by atoms with Crippen LogP contribution in [0.1, 0.15) is 75.6 Å². The van der Waals surface area contributed by atoms with Crippen molar-refractivity contribution in [2.24, 2.45) is 0 Å². The van der Waals surface area contributed by atoms with E-state index in [-0.39, 0.29) is 0 Å². The molecule has 0 radical (unpaired) electrons. The molecule has 0 aliphatic heterocycles. The van der Waals surface area contributed by atoms with Crippen LogP contribution >= 0.6 is 0 Å². The lowest BCUT2D eigenvalue weighted by Crippen LogP contribution is -2.05. The highest BCUT2D eigenvalue weighted by Crippen LogP contribution is 2.40. The molecule has 1 aromatic carbocycles. The Kier molecular flexibility index (Phi) is 6.90. The fourth-order valence-corrected chi connectivity index (χ4v) is 3.02. The van der Waals surface area contributed by atoms with Crippen LogP contribution in [0.15, 0.2) is 0 Å². The van der Waals surface area contributed by atoms with Crippen LogP contribution in [0.4, 0.5) is 0 Å². The summed E-state index contributed by atoms with van der Waals surface area (Å²) in [5, 5.41) is 21.1. The Morgan fingerprint density at radius 3 is 1.15 bits per heavy atom. The maximum atomic E-state index is 10.6. The quantitative estimate of drug-likeness (QED) is 0.709. The van der Waals surface area contributed by atoms with Gasteiger partial charge in [0, 0.05) is 5.56 Å².